The van der Waals surface area contributed by atoms with E-state index in [1.807, 2.05) is 0 Å². The molecule has 4 nitrogen and oxygen atoms in total. The molecular formula is C17H17BrN2O2. The number of carbonyl (C=O) groups excluding carboxylic acids is 1. The quantitative estimate of drug-likeness (QED) is 0.805. The molecule has 1 unspecified atom stereocenters. The maximum absolute atomic E-state index is 11.9. The molecule has 2 saturated carbocycles. The van der Waals surface area contributed by atoms with Crippen LogP contribution in [0.25, 0.3) is 11.4 Å². The van der Waals surface area contributed by atoms with Crippen LogP contribution in [0.3, 0.4) is 0 Å². The van der Waals surface area contributed by atoms with E-state index >= 15 is 0 Å². The SMILES string of the molecule is Cc1cc(-c2noc(C3C[C@H]4CC(=O)[C@@H]3C4)n2)cc(C)c1Br. The Labute approximate surface area is 137 Å². The average molecular weight is 361 g/mol. The first kappa shape index (κ1) is 14.1. The first-order chi connectivity index (χ1) is 10.5. The van der Waals surface area contributed by atoms with E-state index < -0.39 is 0 Å². The lowest BCUT2D eigenvalue weighted by Gasteiger charge is -2.16. The number of aryl methyl sites for hydroxylation is 2. The molecule has 3 atom stereocenters. The number of rotatable bonds is 2. The molecule has 2 aromatic rings. The molecule has 0 amide bonds. The molecule has 0 spiro atoms. The number of Topliss-reactive ketones (excluding diaryl/α,β-unsaturated/α-hetero) is 1. The Morgan fingerprint density at radius 2 is 1.86 bits per heavy atom. The summed E-state index contributed by atoms with van der Waals surface area (Å²) in [4.78, 5) is 16.5. The number of ketones is 1. The molecule has 0 N–H and O–H groups in total. The van der Waals surface area contributed by atoms with E-state index in [9.17, 15) is 4.79 Å². The van der Waals surface area contributed by atoms with Crippen molar-refractivity contribution in [3.05, 3.63) is 33.6 Å². The number of aromatic nitrogens is 2. The molecule has 2 aliphatic carbocycles. The molecule has 2 bridgehead atoms. The Balaban J connectivity index is 1.66. The number of hydrogen-bond donors (Lipinski definition) is 0. The van der Waals surface area contributed by atoms with Crippen molar-refractivity contribution in [1.29, 1.82) is 0 Å². The first-order valence-electron chi connectivity index (χ1n) is 7.66. The Morgan fingerprint density at radius 1 is 1.18 bits per heavy atom. The zero-order valence-corrected chi connectivity index (χ0v) is 14.2. The lowest BCUT2D eigenvalue weighted by Crippen LogP contribution is -2.18. The molecule has 5 heteroatoms. The number of fused-ring (bicyclic) bond motifs is 2. The Kier molecular flexibility index (Phi) is 3.22. The zero-order chi connectivity index (χ0) is 15.4. The van der Waals surface area contributed by atoms with Crippen LogP contribution in [0, 0.1) is 25.7 Å². The molecule has 22 heavy (non-hydrogen) atoms. The van der Waals surface area contributed by atoms with E-state index in [1.54, 1.807) is 0 Å². The van der Waals surface area contributed by atoms with Gasteiger partial charge in [-0.1, -0.05) is 21.1 Å². The predicted molar refractivity (Wildman–Crippen MR) is 85.5 cm³/mol. The molecule has 1 aromatic heterocycles. The van der Waals surface area contributed by atoms with Gasteiger partial charge in [-0.2, -0.15) is 4.98 Å². The van der Waals surface area contributed by atoms with Crippen molar-refractivity contribution >= 4 is 21.7 Å². The number of hydrogen-bond acceptors (Lipinski definition) is 4. The summed E-state index contributed by atoms with van der Waals surface area (Å²) in [6, 6.07) is 4.11. The Bertz CT molecular complexity index is 745. The number of nitrogens with zero attached hydrogens (tertiary/aromatic N) is 2. The van der Waals surface area contributed by atoms with Gasteiger partial charge < -0.3 is 4.52 Å². The van der Waals surface area contributed by atoms with E-state index in [0.29, 0.717) is 23.4 Å². The third-order valence-corrected chi connectivity index (χ3v) is 6.27. The normalized spacial score (nSPS) is 26.9. The lowest BCUT2D eigenvalue weighted by atomic mass is 9.88. The van der Waals surface area contributed by atoms with Gasteiger partial charge in [0.15, 0.2) is 0 Å². The molecule has 4 rings (SSSR count). The van der Waals surface area contributed by atoms with Crippen molar-refractivity contribution in [1.82, 2.24) is 10.1 Å². The fourth-order valence-corrected chi connectivity index (χ4v) is 4.18. The summed E-state index contributed by atoms with van der Waals surface area (Å²) in [5.74, 6) is 2.38. The van der Waals surface area contributed by atoms with Crippen molar-refractivity contribution in [2.45, 2.75) is 39.0 Å². The minimum Gasteiger partial charge on any atom is -0.339 e. The number of benzene rings is 1. The summed E-state index contributed by atoms with van der Waals surface area (Å²) in [5.41, 5.74) is 3.26. The fourth-order valence-electron chi connectivity index (χ4n) is 3.95. The van der Waals surface area contributed by atoms with Crippen LogP contribution < -0.4 is 0 Å². The lowest BCUT2D eigenvalue weighted by molar-refractivity contribution is -0.122. The van der Waals surface area contributed by atoms with Crippen LogP contribution in [0.4, 0.5) is 0 Å². The summed E-state index contributed by atoms with van der Waals surface area (Å²) in [7, 11) is 0. The van der Waals surface area contributed by atoms with E-state index in [1.165, 1.54) is 0 Å². The van der Waals surface area contributed by atoms with Gasteiger partial charge >= 0.3 is 0 Å². The molecule has 1 aromatic carbocycles. The summed E-state index contributed by atoms with van der Waals surface area (Å²) in [6.45, 7) is 4.10. The number of halogens is 1. The molecule has 0 radical (unpaired) electrons. The van der Waals surface area contributed by atoms with Crippen LogP contribution in [0.5, 0.6) is 0 Å². The molecule has 2 fully saturated rings. The second-order valence-electron chi connectivity index (χ2n) is 6.60. The molecule has 1 heterocycles. The highest BCUT2D eigenvalue weighted by molar-refractivity contribution is 9.10. The average Bonchev–Trinajstić information content (AvgIpc) is 3.17. The van der Waals surface area contributed by atoms with Crippen LogP contribution in [0.15, 0.2) is 21.1 Å². The largest absolute Gasteiger partial charge is 0.339 e. The van der Waals surface area contributed by atoms with Crippen molar-refractivity contribution in [3.8, 4) is 11.4 Å². The minimum absolute atomic E-state index is 0.103. The van der Waals surface area contributed by atoms with Gasteiger partial charge in [0.05, 0.1) is 0 Å². The van der Waals surface area contributed by atoms with Gasteiger partial charge in [0.2, 0.25) is 11.7 Å². The summed E-state index contributed by atoms with van der Waals surface area (Å²) in [6.07, 6.45) is 2.75. The van der Waals surface area contributed by atoms with Gasteiger partial charge in [0.1, 0.15) is 5.78 Å². The second kappa shape index (κ2) is 5.01. The van der Waals surface area contributed by atoms with E-state index in [2.05, 4.69) is 52.1 Å². The van der Waals surface area contributed by atoms with Crippen LogP contribution in [-0.4, -0.2) is 15.9 Å². The van der Waals surface area contributed by atoms with Crippen LogP contribution in [0.2, 0.25) is 0 Å². The third kappa shape index (κ3) is 2.14. The Morgan fingerprint density at radius 3 is 2.50 bits per heavy atom. The van der Waals surface area contributed by atoms with Gasteiger partial charge in [-0.3, -0.25) is 4.79 Å². The molecule has 0 aliphatic heterocycles. The van der Waals surface area contributed by atoms with Gasteiger partial charge in [-0.05, 0) is 55.9 Å². The minimum atomic E-state index is 0.103. The predicted octanol–water partition coefficient (Wildman–Crippen LogP) is 4.20. The summed E-state index contributed by atoms with van der Waals surface area (Å²) < 4.78 is 6.60. The van der Waals surface area contributed by atoms with E-state index in [4.69, 9.17) is 4.52 Å². The molecule has 0 saturated heterocycles. The highest BCUT2D eigenvalue weighted by atomic mass is 79.9. The highest BCUT2D eigenvalue weighted by Crippen LogP contribution is 2.50. The van der Waals surface area contributed by atoms with Crippen molar-refractivity contribution in [2.24, 2.45) is 11.8 Å². The Hall–Kier alpha value is -1.49. The van der Waals surface area contributed by atoms with Crippen LogP contribution in [-0.2, 0) is 4.79 Å². The summed E-state index contributed by atoms with van der Waals surface area (Å²) >= 11 is 3.57. The van der Waals surface area contributed by atoms with E-state index in [0.717, 1.165) is 40.4 Å². The maximum atomic E-state index is 11.9. The highest BCUT2D eigenvalue weighted by Gasteiger charge is 2.48. The second-order valence-corrected chi connectivity index (χ2v) is 7.39. The number of carbonyl (C=O) groups is 1. The smallest absolute Gasteiger partial charge is 0.230 e. The zero-order valence-electron chi connectivity index (χ0n) is 12.6. The van der Waals surface area contributed by atoms with Crippen LogP contribution >= 0.6 is 15.9 Å². The van der Waals surface area contributed by atoms with E-state index in [-0.39, 0.29) is 11.8 Å². The monoisotopic (exact) mass is 360 g/mol. The van der Waals surface area contributed by atoms with Crippen molar-refractivity contribution < 1.29 is 9.32 Å². The fraction of sp³-hybridized carbons (Fsp3) is 0.471. The molecule has 114 valence electrons. The van der Waals surface area contributed by atoms with Crippen molar-refractivity contribution in [2.75, 3.05) is 0 Å². The van der Waals surface area contributed by atoms with Crippen molar-refractivity contribution in [3.63, 3.8) is 0 Å². The van der Waals surface area contributed by atoms with Gasteiger partial charge in [0, 0.05) is 28.3 Å². The maximum Gasteiger partial charge on any atom is 0.230 e. The topological polar surface area (TPSA) is 56.0 Å². The standard InChI is InChI=1S/C17H17BrN2O2/c1-8-3-11(4-9(2)15(8)18)16-19-17(22-20-16)13-6-10-5-12(13)14(21)7-10/h3-4,10,12-13H,5-7H2,1-2H3/t10-,12+,13?/m0/s1. The first-order valence-corrected chi connectivity index (χ1v) is 8.45. The summed E-state index contributed by atoms with van der Waals surface area (Å²) in [5, 5.41) is 4.14. The van der Waals surface area contributed by atoms with Gasteiger partial charge in [0.25, 0.3) is 0 Å². The third-order valence-electron chi connectivity index (χ3n) is 5.02. The molecule has 2 aliphatic rings. The molecular weight excluding hydrogens is 344 g/mol. The van der Waals surface area contributed by atoms with Gasteiger partial charge in [-0.25, -0.2) is 0 Å². The van der Waals surface area contributed by atoms with Crippen LogP contribution in [0.1, 0.15) is 42.2 Å². The van der Waals surface area contributed by atoms with Gasteiger partial charge in [-0.15, -0.1) is 0 Å².